The molecule has 0 saturated carbocycles. The van der Waals surface area contributed by atoms with E-state index in [-0.39, 0.29) is 5.91 Å². The number of nitrogens with zero attached hydrogens (tertiary/aromatic N) is 4. The van der Waals surface area contributed by atoms with Gasteiger partial charge >= 0.3 is 0 Å². The maximum Gasteiger partial charge on any atom is 0.255 e. The molecule has 1 N–H and O–H groups in total. The Balaban J connectivity index is 1.61. The van der Waals surface area contributed by atoms with Crippen molar-refractivity contribution in [3.63, 3.8) is 0 Å². The van der Waals surface area contributed by atoms with Gasteiger partial charge in [-0.3, -0.25) is 9.78 Å². The number of aryl methyl sites for hydroxylation is 1. The van der Waals surface area contributed by atoms with Crippen molar-refractivity contribution in [3.05, 3.63) is 72.7 Å². The summed E-state index contributed by atoms with van der Waals surface area (Å²) in [5, 5.41) is 11.8. The number of benzene rings is 2. The number of pyridine rings is 1. The molecule has 6 nitrogen and oxygen atoms in total. The Kier molecular flexibility index (Phi) is 3.70. The van der Waals surface area contributed by atoms with Crippen LogP contribution in [0.1, 0.15) is 10.4 Å². The number of nitrogens with one attached hydrogen (secondary N) is 1. The number of rotatable bonds is 3. The van der Waals surface area contributed by atoms with Crippen molar-refractivity contribution in [2.75, 3.05) is 5.32 Å². The van der Waals surface area contributed by atoms with E-state index in [9.17, 15) is 4.79 Å². The maximum absolute atomic E-state index is 12.6. The smallest absolute Gasteiger partial charge is 0.255 e. The van der Waals surface area contributed by atoms with E-state index in [1.165, 1.54) is 0 Å². The van der Waals surface area contributed by atoms with Crippen molar-refractivity contribution in [3.8, 4) is 11.4 Å². The van der Waals surface area contributed by atoms with Gasteiger partial charge in [0.1, 0.15) is 6.33 Å². The second-order valence-corrected chi connectivity index (χ2v) is 5.71. The summed E-state index contributed by atoms with van der Waals surface area (Å²) in [6.45, 7) is 0. The predicted molar refractivity (Wildman–Crippen MR) is 96.1 cm³/mol. The quantitative estimate of drug-likeness (QED) is 0.626. The normalized spacial score (nSPS) is 10.8. The molecule has 122 valence electrons. The van der Waals surface area contributed by atoms with E-state index in [4.69, 9.17) is 0 Å². The number of carbonyl (C=O) groups excluding carboxylic acids is 1. The predicted octanol–water partition coefficient (Wildman–Crippen LogP) is 3.28. The minimum absolute atomic E-state index is 0.166. The molecule has 25 heavy (non-hydrogen) atoms. The lowest BCUT2D eigenvalue weighted by molar-refractivity contribution is 0.102. The Morgan fingerprint density at radius 2 is 2.00 bits per heavy atom. The van der Waals surface area contributed by atoms with Gasteiger partial charge in [-0.15, -0.1) is 10.2 Å². The number of fused-ring (bicyclic) bond motifs is 1. The molecule has 0 unspecified atom stereocenters. The molecule has 0 saturated heterocycles. The van der Waals surface area contributed by atoms with Crippen molar-refractivity contribution in [1.29, 1.82) is 0 Å². The summed E-state index contributed by atoms with van der Waals surface area (Å²) >= 11 is 0. The summed E-state index contributed by atoms with van der Waals surface area (Å²) in [5.41, 5.74) is 3.05. The Morgan fingerprint density at radius 3 is 2.84 bits per heavy atom. The molecule has 4 aromatic rings. The standard InChI is InChI=1S/C19H15N5O/c1-24-12-21-23-18(24)14-4-2-6-16(11-14)22-19(25)15-7-8-17-13(10-15)5-3-9-20-17/h2-12H,1H3,(H,22,25). The third-order valence-corrected chi connectivity index (χ3v) is 3.96. The Bertz CT molecular complexity index is 1070. The third-order valence-electron chi connectivity index (χ3n) is 3.96. The van der Waals surface area contributed by atoms with E-state index in [1.807, 2.05) is 60.1 Å². The molecule has 0 radical (unpaired) electrons. The largest absolute Gasteiger partial charge is 0.322 e. The van der Waals surface area contributed by atoms with Crippen molar-refractivity contribution in [2.24, 2.45) is 7.05 Å². The van der Waals surface area contributed by atoms with Crippen LogP contribution >= 0.6 is 0 Å². The van der Waals surface area contributed by atoms with Crippen LogP contribution in [0.2, 0.25) is 0 Å². The lowest BCUT2D eigenvalue weighted by Gasteiger charge is -2.08. The monoisotopic (exact) mass is 329 g/mol. The minimum atomic E-state index is -0.166. The summed E-state index contributed by atoms with van der Waals surface area (Å²) in [5.74, 6) is 0.578. The van der Waals surface area contributed by atoms with Gasteiger partial charge in [0.05, 0.1) is 5.52 Å². The van der Waals surface area contributed by atoms with Crippen LogP contribution in [0.25, 0.3) is 22.3 Å². The molecule has 2 heterocycles. The van der Waals surface area contributed by atoms with E-state index < -0.39 is 0 Å². The highest BCUT2D eigenvalue weighted by Gasteiger charge is 2.09. The average Bonchev–Trinajstić information content (AvgIpc) is 3.07. The fourth-order valence-corrected chi connectivity index (χ4v) is 2.70. The van der Waals surface area contributed by atoms with Gasteiger partial charge in [-0.2, -0.15) is 0 Å². The molecule has 1 amide bonds. The van der Waals surface area contributed by atoms with Crippen LogP contribution in [0.15, 0.2) is 67.1 Å². The van der Waals surface area contributed by atoms with Gasteiger partial charge in [0.25, 0.3) is 5.91 Å². The van der Waals surface area contributed by atoms with E-state index in [0.717, 1.165) is 22.3 Å². The van der Waals surface area contributed by atoms with Gasteiger partial charge in [-0.05, 0) is 36.4 Å². The fourth-order valence-electron chi connectivity index (χ4n) is 2.70. The maximum atomic E-state index is 12.6. The molecule has 0 fully saturated rings. The first-order valence-electron chi connectivity index (χ1n) is 7.81. The first-order chi connectivity index (χ1) is 12.2. The van der Waals surface area contributed by atoms with Crippen LogP contribution in [0, 0.1) is 0 Å². The minimum Gasteiger partial charge on any atom is -0.322 e. The second kappa shape index (κ2) is 6.16. The summed E-state index contributed by atoms with van der Waals surface area (Å²) in [4.78, 5) is 16.8. The Hall–Kier alpha value is -3.54. The number of anilines is 1. The lowest BCUT2D eigenvalue weighted by atomic mass is 10.1. The van der Waals surface area contributed by atoms with E-state index >= 15 is 0 Å². The number of hydrogen-bond acceptors (Lipinski definition) is 4. The zero-order valence-corrected chi connectivity index (χ0v) is 13.5. The molecule has 0 atom stereocenters. The molecule has 0 aliphatic heterocycles. The molecule has 6 heteroatoms. The zero-order valence-electron chi connectivity index (χ0n) is 13.5. The van der Waals surface area contributed by atoms with Gasteiger partial charge in [0.2, 0.25) is 0 Å². The van der Waals surface area contributed by atoms with E-state index in [0.29, 0.717) is 11.3 Å². The van der Waals surface area contributed by atoms with Crippen LogP contribution in [0.4, 0.5) is 5.69 Å². The highest BCUT2D eigenvalue weighted by atomic mass is 16.1. The summed E-state index contributed by atoms with van der Waals surface area (Å²) in [6.07, 6.45) is 3.38. The molecular formula is C19H15N5O. The Labute approximate surface area is 144 Å². The SMILES string of the molecule is Cn1cnnc1-c1cccc(NC(=O)c2ccc3ncccc3c2)c1. The molecular weight excluding hydrogens is 314 g/mol. The molecule has 2 aromatic heterocycles. The van der Waals surface area contributed by atoms with Crippen LogP contribution in [0.5, 0.6) is 0 Å². The van der Waals surface area contributed by atoms with E-state index in [2.05, 4.69) is 20.5 Å². The average molecular weight is 329 g/mol. The zero-order chi connectivity index (χ0) is 17.2. The summed E-state index contributed by atoms with van der Waals surface area (Å²) in [7, 11) is 1.88. The first kappa shape index (κ1) is 15.0. The second-order valence-electron chi connectivity index (χ2n) is 5.71. The number of hydrogen-bond donors (Lipinski definition) is 1. The third kappa shape index (κ3) is 2.97. The van der Waals surface area contributed by atoms with Crippen LogP contribution in [-0.4, -0.2) is 25.7 Å². The lowest BCUT2D eigenvalue weighted by Crippen LogP contribution is -2.11. The molecule has 0 bridgehead atoms. The van der Waals surface area contributed by atoms with Crippen molar-refractivity contribution >= 4 is 22.5 Å². The number of amides is 1. The molecule has 2 aromatic carbocycles. The van der Waals surface area contributed by atoms with Crippen molar-refractivity contribution < 1.29 is 4.79 Å². The van der Waals surface area contributed by atoms with Gasteiger partial charge in [-0.25, -0.2) is 0 Å². The molecule has 0 spiro atoms. The van der Waals surface area contributed by atoms with Crippen LogP contribution in [-0.2, 0) is 7.05 Å². The summed E-state index contributed by atoms with van der Waals surface area (Å²) < 4.78 is 1.83. The number of carbonyl (C=O) groups is 1. The van der Waals surface area contributed by atoms with Gasteiger partial charge in [0.15, 0.2) is 5.82 Å². The van der Waals surface area contributed by atoms with Crippen LogP contribution in [0.3, 0.4) is 0 Å². The fraction of sp³-hybridized carbons (Fsp3) is 0.0526. The molecule has 0 aliphatic carbocycles. The summed E-state index contributed by atoms with van der Waals surface area (Å²) in [6, 6.07) is 16.8. The number of aromatic nitrogens is 4. The van der Waals surface area contributed by atoms with Gasteiger partial charge < -0.3 is 9.88 Å². The highest BCUT2D eigenvalue weighted by molar-refractivity contribution is 6.06. The van der Waals surface area contributed by atoms with Gasteiger partial charge in [0, 0.05) is 35.4 Å². The molecule has 0 aliphatic rings. The van der Waals surface area contributed by atoms with Crippen molar-refractivity contribution in [2.45, 2.75) is 0 Å². The topological polar surface area (TPSA) is 72.7 Å². The Morgan fingerprint density at radius 1 is 1.08 bits per heavy atom. The molecule has 4 rings (SSSR count). The first-order valence-corrected chi connectivity index (χ1v) is 7.81. The van der Waals surface area contributed by atoms with Crippen molar-refractivity contribution in [1.82, 2.24) is 19.7 Å². The van der Waals surface area contributed by atoms with Crippen LogP contribution < -0.4 is 5.32 Å². The van der Waals surface area contributed by atoms with Gasteiger partial charge in [-0.1, -0.05) is 18.2 Å². The van der Waals surface area contributed by atoms with E-state index in [1.54, 1.807) is 18.6 Å². The highest BCUT2D eigenvalue weighted by Crippen LogP contribution is 2.21.